The topological polar surface area (TPSA) is 92.4 Å². The van der Waals surface area contributed by atoms with Crippen molar-refractivity contribution in [1.82, 2.24) is 25.4 Å². The lowest BCUT2D eigenvalue weighted by Gasteiger charge is -2.46. The molecule has 30 heavy (non-hydrogen) atoms. The number of amides is 1. The zero-order chi connectivity index (χ0) is 20.7. The second kappa shape index (κ2) is 7.28. The number of pyridine rings is 1. The number of nitrogens with one attached hydrogen (secondary N) is 2. The van der Waals surface area contributed by atoms with Gasteiger partial charge in [-0.3, -0.25) is 9.89 Å². The van der Waals surface area contributed by atoms with Crippen LogP contribution >= 0.6 is 0 Å². The molecule has 1 aromatic carbocycles. The zero-order valence-corrected chi connectivity index (χ0v) is 17.1. The van der Waals surface area contributed by atoms with Crippen LogP contribution in [0.1, 0.15) is 41.4 Å². The van der Waals surface area contributed by atoms with Crippen molar-refractivity contribution in [2.75, 3.05) is 27.2 Å². The van der Waals surface area contributed by atoms with Crippen LogP contribution in [0.3, 0.4) is 0 Å². The van der Waals surface area contributed by atoms with E-state index >= 15 is 0 Å². The van der Waals surface area contributed by atoms with Gasteiger partial charge in [0.25, 0.3) is 5.91 Å². The van der Waals surface area contributed by atoms with E-state index in [4.69, 9.17) is 9.47 Å². The van der Waals surface area contributed by atoms with Gasteiger partial charge in [0.15, 0.2) is 0 Å². The van der Waals surface area contributed by atoms with Crippen LogP contribution in [0.25, 0.3) is 10.9 Å². The molecule has 0 saturated carbocycles. The number of fused-ring (bicyclic) bond motifs is 2. The Morgan fingerprint density at radius 1 is 1.30 bits per heavy atom. The average Bonchev–Trinajstić information content (AvgIpc) is 3.25. The Morgan fingerprint density at radius 2 is 2.13 bits per heavy atom. The lowest BCUT2D eigenvalue weighted by molar-refractivity contribution is -0.0209. The van der Waals surface area contributed by atoms with E-state index in [2.05, 4.69) is 32.4 Å². The maximum atomic E-state index is 13.2. The summed E-state index contributed by atoms with van der Waals surface area (Å²) >= 11 is 0. The number of piperidine rings is 1. The van der Waals surface area contributed by atoms with Gasteiger partial charge in [-0.1, -0.05) is 12.1 Å². The summed E-state index contributed by atoms with van der Waals surface area (Å²) < 4.78 is 11.8. The molecule has 0 bridgehead atoms. The first-order valence-corrected chi connectivity index (χ1v) is 10.2. The summed E-state index contributed by atoms with van der Waals surface area (Å²) in [7, 11) is 3.71. The number of aromatic amines is 1. The molecular formula is C22H25N5O3. The first-order valence-electron chi connectivity index (χ1n) is 10.2. The fraction of sp³-hybridized carbons (Fsp3) is 0.409. The first-order chi connectivity index (χ1) is 14.6. The average molecular weight is 407 g/mol. The smallest absolute Gasteiger partial charge is 0.254 e. The highest BCUT2D eigenvalue weighted by Crippen LogP contribution is 2.44. The minimum absolute atomic E-state index is 0.157. The number of benzene rings is 1. The summed E-state index contributed by atoms with van der Waals surface area (Å²) in [5.74, 6) is 1.07. The predicted octanol–water partition coefficient (Wildman–Crippen LogP) is 2.68. The molecule has 8 heteroatoms. The van der Waals surface area contributed by atoms with Gasteiger partial charge in [0.2, 0.25) is 5.88 Å². The van der Waals surface area contributed by atoms with Gasteiger partial charge in [-0.2, -0.15) is 5.10 Å². The van der Waals surface area contributed by atoms with Crippen molar-refractivity contribution >= 4 is 16.8 Å². The molecule has 2 aromatic heterocycles. The number of ether oxygens (including phenoxy) is 2. The van der Waals surface area contributed by atoms with Crippen LogP contribution in [-0.2, 0) is 0 Å². The molecule has 5 rings (SSSR count). The van der Waals surface area contributed by atoms with Gasteiger partial charge in [0, 0.05) is 31.0 Å². The van der Waals surface area contributed by atoms with Gasteiger partial charge in [-0.05, 0) is 32.0 Å². The zero-order valence-electron chi connectivity index (χ0n) is 17.1. The number of carbonyl (C=O) groups excluding carboxylic acids is 1. The van der Waals surface area contributed by atoms with Crippen LogP contribution in [-0.4, -0.2) is 58.8 Å². The minimum Gasteiger partial charge on any atom is -0.485 e. The Morgan fingerprint density at radius 3 is 2.93 bits per heavy atom. The van der Waals surface area contributed by atoms with E-state index in [1.54, 1.807) is 25.4 Å². The molecule has 3 aromatic rings. The van der Waals surface area contributed by atoms with Crippen molar-refractivity contribution in [2.45, 2.75) is 30.9 Å². The third kappa shape index (κ3) is 3.27. The van der Waals surface area contributed by atoms with Gasteiger partial charge in [-0.25, -0.2) is 4.98 Å². The van der Waals surface area contributed by atoms with E-state index in [-0.39, 0.29) is 17.6 Å². The number of carbonyl (C=O) groups is 1. The fourth-order valence-corrected chi connectivity index (χ4v) is 4.48. The van der Waals surface area contributed by atoms with Crippen molar-refractivity contribution < 1.29 is 14.3 Å². The maximum absolute atomic E-state index is 13.2. The molecule has 8 nitrogen and oxygen atoms in total. The predicted molar refractivity (Wildman–Crippen MR) is 112 cm³/mol. The molecule has 1 amide bonds. The number of hydrogen-bond donors (Lipinski definition) is 2. The van der Waals surface area contributed by atoms with Crippen molar-refractivity contribution in [2.24, 2.45) is 0 Å². The van der Waals surface area contributed by atoms with Crippen LogP contribution in [0.5, 0.6) is 11.6 Å². The Balaban J connectivity index is 1.49. The largest absolute Gasteiger partial charge is 0.485 e. The van der Waals surface area contributed by atoms with E-state index in [0.29, 0.717) is 23.6 Å². The molecular weight excluding hydrogens is 382 g/mol. The highest BCUT2D eigenvalue weighted by atomic mass is 16.5. The summed E-state index contributed by atoms with van der Waals surface area (Å²) in [6.45, 7) is 1.93. The lowest BCUT2D eigenvalue weighted by Crippen LogP contribution is -2.51. The molecule has 1 atom stereocenters. The number of likely N-dealkylation sites (tertiary alicyclic amines) is 1. The normalized spacial score (nSPS) is 20.5. The Kier molecular flexibility index (Phi) is 4.58. The van der Waals surface area contributed by atoms with Gasteiger partial charge >= 0.3 is 0 Å². The van der Waals surface area contributed by atoms with Crippen molar-refractivity contribution in [3.63, 3.8) is 0 Å². The number of aromatic nitrogens is 3. The Bertz CT molecular complexity index is 1090. The van der Waals surface area contributed by atoms with E-state index in [9.17, 15) is 4.79 Å². The summed E-state index contributed by atoms with van der Waals surface area (Å²) in [6, 6.07) is 9.04. The minimum atomic E-state index is -0.298. The molecule has 0 radical (unpaired) electrons. The molecule has 2 aliphatic heterocycles. The van der Waals surface area contributed by atoms with Gasteiger partial charge in [0.1, 0.15) is 17.0 Å². The molecule has 4 heterocycles. The number of hydrogen-bond acceptors (Lipinski definition) is 6. The third-order valence-corrected chi connectivity index (χ3v) is 6.23. The Hall–Kier alpha value is -3.13. The quantitative estimate of drug-likeness (QED) is 0.694. The highest BCUT2D eigenvalue weighted by Gasteiger charge is 2.44. The number of methoxy groups -OCH3 is 1. The van der Waals surface area contributed by atoms with Crippen LogP contribution < -0.4 is 14.8 Å². The SMILES string of the molecule is COc1ccc2c(n1)C(NC(=O)c1cccc3cn[nH]c13)CC1(CCN(C)CC1)O2. The second-order valence-corrected chi connectivity index (χ2v) is 8.20. The number of nitrogens with zero attached hydrogens (tertiary/aromatic N) is 3. The van der Waals surface area contributed by atoms with Gasteiger partial charge in [-0.15, -0.1) is 0 Å². The molecule has 1 spiro atoms. The van der Waals surface area contributed by atoms with E-state index < -0.39 is 0 Å². The Labute approximate surface area is 174 Å². The van der Waals surface area contributed by atoms with Crippen molar-refractivity contribution in [3.05, 3.63) is 47.8 Å². The summed E-state index contributed by atoms with van der Waals surface area (Å²) in [4.78, 5) is 20.2. The fourth-order valence-electron chi connectivity index (χ4n) is 4.48. The van der Waals surface area contributed by atoms with Crippen molar-refractivity contribution in [3.8, 4) is 11.6 Å². The molecule has 156 valence electrons. The van der Waals surface area contributed by atoms with Gasteiger partial charge < -0.3 is 19.7 Å². The molecule has 1 saturated heterocycles. The second-order valence-electron chi connectivity index (χ2n) is 8.20. The van der Waals surface area contributed by atoms with E-state index in [1.807, 2.05) is 18.2 Å². The molecule has 2 aliphatic rings. The van der Waals surface area contributed by atoms with Crippen LogP contribution in [0.4, 0.5) is 0 Å². The molecule has 1 fully saturated rings. The van der Waals surface area contributed by atoms with Crippen LogP contribution in [0.15, 0.2) is 36.5 Å². The summed E-state index contributed by atoms with van der Waals surface area (Å²) in [5, 5.41) is 11.1. The summed E-state index contributed by atoms with van der Waals surface area (Å²) in [6.07, 6.45) is 4.23. The number of H-pyrrole nitrogens is 1. The number of rotatable bonds is 3. The number of para-hydroxylation sites is 1. The van der Waals surface area contributed by atoms with Crippen molar-refractivity contribution in [1.29, 1.82) is 0 Å². The first kappa shape index (κ1) is 18.9. The third-order valence-electron chi connectivity index (χ3n) is 6.23. The van der Waals surface area contributed by atoms with Gasteiger partial charge in [0.05, 0.1) is 30.4 Å². The summed E-state index contributed by atoms with van der Waals surface area (Å²) in [5.41, 5.74) is 1.71. The van der Waals surface area contributed by atoms with E-state index in [0.717, 1.165) is 42.6 Å². The molecule has 0 aliphatic carbocycles. The highest BCUT2D eigenvalue weighted by molar-refractivity contribution is 6.05. The van der Waals surface area contributed by atoms with Crippen LogP contribution in [0.2, 0.25) is 0 Å². The van der Waals surface area contributed by atoms with Crippen LogP contribution in [0, 0.1) is 0 Å². The molecule has 2 N–H and O–H groups in total. The van der Waals surface area contributed by atoms with E-state index in [1.165, 1.54) is 0 Å². The molecule has 1 unspecified atom stereocenters. The lowest BCUT2D eigenvalue weighted by atomic mass is 9.82. The standard InChI is InChI=1S/C22H25N5O3/c1-27-10-8-22(9-11-27)12-16(20-17(30-22)6-7-18(25-20)29-2)24-21(28)15-5-3-4-14-13-23-26-19(14)15/h3-7,13,16H,8-12H2,1-2H3,(H,23,26)(H,24,28). The monoisotopic (exact) mass is 407 g/mol. The maximum Gasteiger partial charge on any atom is 0.254 e.